The van der Waals surface area contributed by atoms with E-state index in [1.54, 1.807) is 37.3 Å². The molecule has 0 spiro atoms. The fourth-order valence-corrected chi connectivity index (χ4v) is 2.73. The van der Waals surface area contributed by atoms with Gasteiger partial charge >= 0.3 is 6.18 Å². The van der Waals surface area contributed by atoms with Gasteiger partial charge in [0.1, 0.15) is 11.5 Å². The van der Waals surface area contributed by atoms with Gasteiger partial charge in [-0.1, -0.05) is 18.2 Å². The average molecular weight is 424 g/mol. The Morgan fingerprint density at radius 1 is 1.10 bits per heavy atom. The molecule has 162 valence electrons. The summed E-state index contributed by atoms with van der Waals surface area (Å²) in [5.41, 5.74) is 1.48. The number of nitrogens with one attached hydrogen (secondary N) is 2. The molecule has 6 nitrogen and oxygen atoms in total. The van der Waals surface area contributed by atoms with Crippen LogP contribution in [0.5, 0.6) is 11.5 Å². The van der Waals surface area contributed by atoms with Gasteiger partial charge in [0, 0.05) is 6.92 Å². The van der Waals surface area contributed by atoms with Crippen LogP contribution in [0, 0.1) is 6.92 Å². The smallest absolute Gasteiger partial charge is 0.422 e. The second-order valence-corrected chi connectivity index (χ2v) is 6.68. The minimum Gasteiger partial charge on any atom is -0.497 e. The first-order valence-electron chi connectivity index (χ1n) is 9.08. The van der Waals surface area contributed by atoms with Gasteiger partial charge in [-0.05, 0) is 42.3 Å². The zero-order chi connectivity index (χ0) is 22.3. The van der Waals surface area contributed by atoms with Crippen LogP contribution in [-0.4, -0.2) is 31.7 Å². The number of anilines is 1. The number of benzene rings is 2. The number of rotatable bonds is 8. The quantitative estimate of drug-likeness (QED) is 0.668. The van der Waals surface area contributed by atoms with Crippen molar-refractivity contribution >= 4 is 17.5 Å². The third-order valence-electron chi connectivity index (χ3n) is 4.09. The van der Waals surface area contributed by atoms with E-state index in [1.807, 2.05) is 0 Å². The highest BCUT2D eigenvalue weighted by molar-refractivity contribution is 5.93. The predicted molar refractivity (Wildman–Crippen MR) is 106 cm³/mol. The topological polar surface area (TPSA) is 76.7 Å². The zero-order valence-electron chi connectivity index (χ0n) is 16.8. The first-order valence-corrected chi connectivity index (χ1v) is 9.08. The number of amides is 2. The molecule has 1 atom stereocenters. The summed E-state index contributed by atoms with van der Waals surface area (Å²) in [6.07, 6.45) is -4.63. The largest absolute Gasteiger partial charge is 0.497 e. The zero-order valence-corrected chi connectivity index (χ0v) is 16.8. The highest BCUT2D eigenvalue weighted by Crippen LogP contribution is 2.29. The Hall–Kier alpha value is -3.23. The van der Waals surface area contributed by atoms with E-state index in [-0.39, 0.29) is 23.8 Å². The number of alkyl halides is 3. The molecular weight excluding hydrogens is 401 g/mol. The second-order valence-electron chi connectivity index (χ2n) is 6.68. The molecule has 0 bridgehead atoms. The Labute approximate surface area is 172 Å². The summed E-state index contributed by atoms with van der Waals surface area (Å²) in [5.74, 6) is -0.282. The summed E-state index contributed by atoms with van der Waals surface area (Å²) in [7, 11) is 1.52. The van der Waals surface area contributed by atoms with Crippen molar-refractivity contribution in [2.24, 2.45) is 0 Å². The van der Waals surface area contributed by atoms with Crippen molar-refractivity contribution in [2.45, 2.75) is 32.5 Å². The van der Waals surface area contributed by atoms with Crippen LogP contribution in [0.3, 0.4) is 0 Å². The molecule has 0 heterocycles. The van der Waals surface area contributed by atoms with E-state index in [9.17, 15) is 22.8 Å². The molecule has 2 N–H and O–H groups in total. The van der Waals surface area contributed by atoms with Crippen molar-refractivity contribution in [1.29, 1.82) is 0 Å². The number of carbonyl (C=O) groups excluding carboxylic acids is 2. The lowest BCUT2D eigenvalue weighted by molar-refractivity contribution is -0.153. The third-order valence-corrected chi connectivity index (χ3v) is 4.09. The molecule has 30 heavy (non-hydrogen) atoms. The van der Waals surface area contributed by atoms with E-state index in [0.29, 0.717) is 16.9 Å². The number of hydrogen-bond donors (Lipinski definition) is 2. The molecule has 0 saturated carbocycles. The van der Waals surface area contributed by atoms with E-state index in [1.165, 1.54) is 26.2 Å². The van der Waals surface area contributed by atoms with E-state index < -0.39 is 24.7 Å². The molecule has 2 aromatic carbocycles. The van der Waals surface area contributed by atoms with E-state index in [4.69, 9.17) is 9.47 Å². The van der Waals surface area contributed by atoms with Crippen molar-refractivity contribution < 1.29 is 32.2 Å². The summed E-state index contributed by atoms with van der Waals surface area (Å²) in [6.45, 7) is 1.56. The van der Waals surface area contributed by atoms with E-state index in [2.05, 4.69) is 10.6 Å². The number of hydrogen-bond acceptors (Lipinski definition) is 4. The molecule has 0 saturated heterocycles. The van der Waals surface area contributed by atoms with Gasteiger partial charge in [-0.3, -0.25) is 9.59 Å². The van der Waals surface area contributed by atoms with Gasteiger partial charge < -0.3 is 20.1 Å². The molecular formula is C21H23F3N2O4. The first-order chi connectivity index (χ1) is 14.1. The maximum atomic E-state index is 12.6. The maximum absolute atomic E-state index is 12.6. The first kappa shape index (κ1) is 23.1. The molecule has 9 heteroatoms. The number of aryl methyl sites for hydroxylation is 1. The van der Waals surface area contributed by atoms with Gasteiger partial charge in [0.25, 0.3) is 0 Å². The summed E-state index contributed by atoms with van der Waals surface area (Å²) >= 11 is 0. The summed E-state index contributed by atoms with van der Waals surface area (Å²) in [4.78, 5) is 24.1. The molecule has 0 aliphatic rings. The second kappa shape index (κ2) is 10.00. The van der Waals surface area contributed by atoms with Gasteiger partial charge in [-0.2, -0.15) is 13.2 Å². The van der Waals surface area contributed by atoms with Crippen molar-refractivity contribution in [1.82, 2.24) is 5.32 Å². The Kier molecular flexibility index (Phi) is 7.68. The molecule has 0 radical (unpaired) electrons. The van der Waals surface area contributed by atoms with Crippen LogP contribution in [0.4, 0.5) is 18.9 Å². The van der Waals surface area contributed by atoms with Crippen molar-refractivity contribution in [3.8, 4) is 11.5 Å². The molecule has 1 unspecified atom stereocenters. The van der Waals surface area contributed by atoms with Crippen LogP contribution in [0.2, 0.25) is 0 Å². The highest BCUT2D eigenvalue weighted by atomic mass is 19.4. The summed E-state index contributed by atoms with van der Waals surface area (Å²) < 4.78 is 47.5. The monoisotopic (exact) mass is 424 g/mol. The Bertz CT molecular complexity index is 883. The molecule has 0 aromatic heterocycles. The van der Waals surface area contributed by atoms with Crippen LogP contribution in [0.15, 0.2) is 42.5 Å². The Balaban J connectivity index is 2.15. The fraction of sp³-hybridized carbons (Fsp3) is 0.333. The van der Waals surface area contributed by atoms with Crippen LogP contribution in [0.25, 0.3) is 0 Å². The number of ether oxygens (including phenoxy) is 2. The van der Waals surface area contributed by atoms with Gasteiger partial charge in [-0.15, -0.1) is 0 Å². The lowest BCUT2D eigenvalue weighted by atomic mass is 10.0. The number of carbonyl (C=O) groups is 2. The lowest BCUT2D eigenvalue weighted by Crippen LogP contribution is -2.30. The molecule has 0 aliphatic carbocycles. The SMILES string of the molecule is COc1ccc(C(CC(=O)Nc2ccc(C)cc2OCC(F)(F)F)NC(C)=O)cc1. The van der Waals surface area contributed by atoms with Crippen LogP contribution in [-0.2, 0) is 9.59 Å². The Morgan fingerprint density at radius 3 is 2.33 bits per heavy atom. The third kappa shape index (κ3) is 7.31. The standard InChI is InChI=1S/C21H23F3N2O4/c1-13-4-9-17(19(10-13)30-12-21(22,23)24)26-20(28)11-18(25-14(2)27)15-5-7-16(29-3)8-6-15/h4-10,18H,11-12H2,1-3H3,(H,25,27)(H,26,28). The predicted octanol–water partition coefficient (Wildman–Crippen LogP) is 4.15. The van der Waals surface area contributed by atoms with Crippen molar-refractivity contribution in [3.63, 3.8) is 0 Å². The minimum absolute atomic E-state index is 0.0822. The maximum Gasteiger partial charge on any atom is 0.422 e. The highest BCUT2D eigenvalue weighted by Gasteiger charge is 2.29. The Morgan fingerprint density at radius 2 is 1.77 bits per heavy atom. The average Bonchev–Trinajstić information content (AvgIpc) is 2.66. The molecule has 0 fully saturated rings. The van der Waals surface area contributed by atoms with Gasteiger partial charge in [0.2, 0.25) is 11.8 Å². The number of halogens is 3. The molecule has 2 amide bonds. The van der Waals surface area contributed by atoms with Gasteiger partial charge in [-0.25, -0.2) is 0 Å². The normalized spacial score (nSPS) is 12.1. The molecule has 0 aliphatic heterocycles. The van der Waals surface area contributed by atoms with Crippen LogP contribution in [0.1, 0.15) is 30.5 Å². The molecule has 2 aromatic rings. The van der Waals surface area contributed by atoms with Crippen LogP contribution >= 0.6 is 0 Å². The van der Waals surface area contributed by atoms with Gasteiger partial charge in [0.05, 0.1) is 25.3 Å². The summed E-state index contributed by atoms with van der Waals surface area (Å²) in [5, 5.41) is 5.26. The van der Waals surface area contributed by atoms with Crippen LogP contribution < -0.4 is 20.1 Å². The van der Waals surface area contributed by atoms with Crippen molar-refractivity contribution in [2.75, 3.05) is 19.0 Å². The molecule has 2 rings (SSSR count). The minimum atomic E-state index is -4.50. The number of methoxy groups -OCH3 is 1. The van der Waals surface area contributed by atoms with Crippen molar-refractivity contribution in [3.05, 3.63) is 53.6 Å². The lowest BCUT2D eigenvalue weighted by Gasteiger charge is -2.19. The van der Waals surface area contributed by atoms with E-state index in [0.717, 1.165) is 0 Å². The van der Waals surface area contributed by atoms with Gasteiger partial charge in [0.15, 0.2) is 6.61 Å². The van der Waals surface area contributed by atoms with E-state index >= 15 is 0 Å². The fourth-order valence-electron chi connectivity index (χ4n) is 2.73. The summed E-state index contributed by atoms with van der Waals surface area (Å²) in [6, 6.07) is 10.7.